The molecule has 2 rings (SSSR count). The van der Waals surface area contributed by atoms with Crippen LogP contribution < -0.4 is 0 Å². The molecule has 2 nitrogen and oxygen atoms in total. The van der Waals surface area contributed by atoms with Gasteiger partial charge in [0.1, 0.15) is 0 Å². The third-order valence-electron chi connectivity index (χ3n) is 1.91. The molecule has 0 saturated carbocycles. The number of hydrogen-bond donors (Lipinski definition) is 0. The summed E-state index contributed by atoms with van der Waals surface area (Å²) in [5, 5.41) is 0. The first-order chi connectivity index (χ1) is 4.47. The van der Waals surface area contributed by atoms with Crippen molar-refractivity contribution in [2.24, 2.45) is 0 Å². The second-order valence-electron chi connectivity index (χ2n) is 2.54. The van der Waals surface area contributed by atoms with Crippen LogP contribution in [0.1, 0.15) is 6.42 Å². The monoisotopic (exact) mass is 124 g/mol. The topological polar surface area (TPSA) is 12.5 Å². The molecular formula is C7H10NO. The van der Waals surface area contributed by atoms with Gasteiger partial charge in [0.05, 0.1) is 13.3 Å². The van der Waals surface area contributed by atoms with E-state index in [0.717, 1.165) is 26.3 Å². The molecule has 1 atom stereocenters. The Morgan fingerprint density at radius 2 is 2.67 bits per heavy atom. The van der Waals surface area contributed by atoms with Gasteiger partial charge in [-0.15, -0.1) is 0 Å². The average Bonchev–Trinajstić information content (AvgIpc) is 2.33. The summed E-state index contributed by atoms with van der Waals surface area (Å²) in [5.41, 5.74) is 0. The summed E-state index contributed by atoms with van der Waals surface area (Å²) < 4.78 is 5.26. The van der Waals surface area contributed by atoms with Gasteiger partial charge in [-0.1, -0.05) is 6.08 Å². The van der Waals surface area contributed by atoms with Gasteiger partial charge >= 0.3 is 0 Å². The van der Waals surface area contributed by atoms with Crippen LogP contribution in [0.5, 0.6) is 0 Å². The van der Waals surface area contributed by atoms with Crippen LogP contribution in [0.15, 0.2) is 6.08 Å². The Bertz CT molecular complexity index is 119. The van der Waals surface area contributed by atoms with Crippen LogP contribution in [0.3, 0.4) is 0 Å². The average molecular weight is 124 g/mol. The Hall–Kier alpha value is -0.340. The molecule has 2 heterocycles. The zero-order chi connectivity index (χ0) is 6.10. The molecule has 0 aromatic rings. The molecule has 2 aliphatic heterocycles. The van der Waals surface area contributed by atoms with Crippen molar-refractivity contribution in [3.05, 3.63) is 12.2 Å². The van der Waals surface area contributed by atoms with Gasteiger partial charge in [0.25, 0.3) is 0 Å². The summed E-state index contributed by atoms with van der Waals surface area (Å²) >= 11 is 0. The first-order valence-corrected chi connectivity index (χ1v) is 3.33. The molecule has 1 fully saturated rings. The van der Waals surface area contributed by atoms with Gasteiger partial charge in [0.15, 0.2) is 0 Å². The molecule has 0 aromatic heterocycles. The van der Waals surface area contributed by atoms with Gasteiger partial charge in [-0.25, -0.2) is 0 Å². The maximum absolute atomic E-state index is 5.26. The highest BCUT2D eigenvalue weighted by molar-refractivity contribution is 4.91. The van der Waals surface area contributed by atoms with Gasteiger partial charge in [-0.05, 0) is 12.5 Å². The van der Waals surface area contributed by atoms with Gasteiger partial charge in [-0.2, -0.15) is 0 Å². The number of rotatable bonds is 0. The molecular weight excluding hydrogens is 114 g/mol. The highest BCUT2D eigenvalue weighted by atomic mass is 16.5. The zero-order valence-corrected chi connectivity index (χ0v) is 5.34. The minimum atomic E-state index is 0.634. The van der Waals surface area contributed by atoms with Crippen LogP contribution in [-0.4, -0.2) is 30.8 Å². The molecule has 1 saturated heterocycles. The van der Waals surface area contributed by atoms with E-state index in [-0.39, 0.29) is 0 Å². The highest BCUT2D eigenvalue weighted by Crippen LogP contribution is 2.15. The van der Waals surface area contributed by atoms with E-state index in [1.807, 2.05) is 0 Å². The maximum atomic E-state index is 5.26. The number of hydrogen-bond acceptors (Lipinski definition) is 2. The van der Waals surface area contributed by atoms with Crippen molar-refractivity contribution in [2.45, 2.75) is 12.5 Å². The third-order valence-corrected chi connectivity index (χ3v) is 1.91. The fraction of sp³-hybridized carbons (Fsp3) is 0.714. The van der Waals surface area contributed by atoms with E-state index in [9.17, 15) is 0 Å². The van der Waals surface area contributed by atoms with Crippen LogP contribution in [0, 0.1) is 6.08 Å². The largest absolute Gasteiger partial charge is 0.364 e. The quantitative estimate of drug-likeness (QED) is 0.463. The summed E-state index contributed by atoms with van der Waals surface area (Å²) in [4.78, 5) is 2.33. The predicted octanol–water partition coefficient (Wildman–Crippen LogP) is 0.408. The van der Waals surface area contributed by atoms with E-state index < -0.39 is 0 Å². The smallest absolute Gasteiger partial charge is 0.0997 e. The number of nitrogens with zero attached hydrogens (tertiary/aromatic N) is 1. The summed E-state index contributed by atoms with van der Waals surface area (Å²) in [6.07, 6.45) is 6.35. The molecule has 49 valence electrons. The highest BCUT2D eigenvalue weighted by Gasteiger charge is 2.24. The van der Waals surface area contributed by atoms with E-state index in [4.69, 9.17) is 4.74 Å². The summed E-state index contributed by atoms with van der Waals surface area (Å²) in [6.45, 7) is 2.76. The molecule has 2 heteroatoms. The zero-order valence-electron chi connectivity index (χ0n) is 5.34. The second-order valence-corrected chi connectivity index (χ2v) is 2.54. The van der Waals surface area contributed by atoms with Gasteiger partial charge in [-0.3, -0.25) is 4.90 Å². The van der Waals surface area contributed by atoms with E-state index in [1.54, 1.807) is 0 Å². The number of fused-ring (bicyclic) bond motifs is 1. The molecule has 0 bridgehead atoms. The fourth-order valence-corrected chi connectivity index (χ4v) is 1.31. The first-order valence-electron chi connectivity index (χ1n) is 3.33. The van der Waals surface area contributed by atoms with E-state index >= 15 is 0 Å². The molecule has 1 unspecified atom stereocenters. The fourth-order valence-electron chi connectivity index (χ4n) is 1.31. The Balaban J connectivity index is 2.07. The van der Waals surface area contributed by atoms with E-state index in [2.05, 4.69) is 17.1 Å². The van der Waals surface area contributed by atoms with Crippen molar-refractivity contribution >= 4 is 0 Å². The molecule has 0 amide bonds. The lowest BCUT2D eigenvalue weighted by Gasteiger charge is -2.21. The van der Waals surface area contributed by atoms with Crippen molar-refractivity contribution in [2.75, 3.05) is 19.9 Å². The van der Waals surface area contributed by atoms with Crippen LogP contribution in [0.25, 0.3) is 0 Å². The van der Waals surface area contributed by atoms with Crippen LogP contribution >= 0.6 is 0 Å². The van der Waals surface area contributed by atoms with Crippen LogP contribution in [0.2, 0.25) is 0 Å². The summed E-state index contributed by atoms with van der Waals surface area (Å²) in [7, 11) is 0. The standard InChI is InChI=1S/C7H10NO/c1-2-4-8-6-9-5-7(8)3-1/h2,7H,3-6H2. The van der Waals surface area contributed by atoms with Crippen molar-refractivity contribution in [3.63, 3.8) is 0 Å². The molecule has 0 aromatic carbocycles. The molecule has 0 spiro atoms. The van der Waals surface area contributed by atoms with Crippen molar-refractivity contribution in [1.29, 1.82) is 0 Å². The Labute approximate surface area is 55.1 Å². The maximum Gasteiger partial charge on any atom is 0.0997 e. The van der Waals surface area contributed by atoms with Gasteiger partial charge in [0.2, 0.25) is 0 Å². The normalized spacial score (nSPS) is 34.9. The van der Waals surface area contributed by atoms with Crippen LogP contribution in [0.4, 0.5) is 0 Å². The van der Waals surface area contributed by atoms with Crippen LogP contribution in [-0.2, 0) is 4.74 Å². The van der Waals surface area contributed by atoms with Crippen molar-refractivity contribution in [3.8, 4) is 0 Å². The van der Waals surface area contributed by atoms with Crippen molar-refractivity contribution < 1.29 is 4.74 Å². The minimum Gasteiger partial charge on any atom is -0.364 e. The third kappa shape index (κ3) is 0.884. The first kappa shape index (κ1) is 5.45. The van der Waals surface area contributed by atoms with E-state index in [0.29, 0.717) is 6.04 Å². The lowest BCUT2D eigenvalue weighted by atomic mass is 10.1. The Morgan fingerprint density at radius 1 is 1.67 bits per heavy atom. The SMILES string of the molecule is [C]1=CCN2COCC2C1. The molecule has 9 heavy (non-hydrogen) atoms. The molecule has 0 N–H and O–H groups in total. The Morgan fingerprint density at radius 3 is 3.56 bits per heavy atom. The predicted molar refractivity (Wildman–Crippen MR) is 33.7 cm³/mol. The minimum absolute atomic E-state index is 0.634. The Kier molecular flexibility index (Phi) is 1.28. The lowest BCUT2D eigenvalue weighted by Crippen LogP contribution is -2.32. The summed E-state index contributed by atoms with van der Waals surface area (Å²) in [5.74, 6) is 0. The molecule has 0 aliphatic carbocycles. The van der Waals surface area contributed by atoms with Gasteiger partial charge in [0, 0.05) is 12.6 Å². The van der Waals surface area contributed by atoms with E-state index in [1.165, 1.54) is 0 Å². The number of ether oxygens (including phenoxy) is 1. The van der Waals surface area contributed by atoms with Gasteiger partial charge < -0.3 is 4.74 Å². The summed E-state index contributed by atoms with van der Waals surface area (Å²) in [6, 6.07) is 0.634. The second kappa shape index (κ2) is 2.12. The van der Waals surface area contributed by atoms with Crippen molar-refractivity contribution in [1.82, 2.24) is 4.90 Å². The molecule has 2 aliphatic rings. The lowest BCUT2D eigenvalue weighted by molar-refractivity contribution is 0.144. The molecule has 1 radical (unpaired) electrons.